The van der Waals surface area contributed by atoms with Gasteiger partial charge in [0.15, 0.2) is 0 Å². The molecule has 1 N–H and O–H groups in total. The van der Waals surface area contributed by atoms with E-state index in [1.54, 1.807) is 48.5 Å². The van der Waals surface area contributed by atoms with Crippen molar-refractivity contribution in [1.29, 1.82) is 0 Å². The summed E-state index contributed by atoms with van der Waals surface area (Å²) in [6.45, 7) is 3.18. The van der Waals surface area contributed by atoms with Gasteiger partial charge in [0.05, 0.1) is 31.0 Å². The molecule has 1 unspecified atom stereocenters. The molecule has 1 fully saturated rings. The Bertz CT molecular complexity index is 1460. The van der Waals surface area contributed by atoms with Crippen LogP contribution in [0.4, 0.5) is 0 Å². The molecule has 5 rings (SSSR count). The van der Waals surface area contributed by atoms with Crippen LogP contribution in [0.2, 0.25) is 0 Å². The maximum Gasteiger partial charge on any atom is 0.296 e. The molecule has 0 saturated carbocycles. The Morgan fingerprint density at radius 2 is 1.57 bits per heavy atom. The van der Waals surface area contributed by atoms with Crippen LogP contribution in [0.5, 0.6) is 11.5 Å². The van der Waals surface area contributed by atoms with Gasteiger partial charge >= 0.3 is 0 Å². The van der Waals surface area contributed by atoms with E-state index in [-0.39, 0.29) is 17.9 Å². The van der Waals surface area contributed by atoms with Crippen LogP contribution in [-0.4, -0.2) is 28.3 Å². The number of nitrogens with zero attached hydrogens (tertiary/aromatic N) is 1. The third-order valence-electron chi connectivity index (χ3n) is 6.78. The first-order valence-electron chi connectivity index (χ1n) is 13.4. The van der Waals surface area contributed by atoms with Crippen molar-refractivity contribution in [3.05, 3.63) is 125 Å². The smallest absolute Gasteiger partial charge is 0.296 e. The van der Waals surface area contributed by atoms with Crippen molar-refractivity contribution in [1.82, 2.24) is 4.90 Å². The van der Waals surface area contributed by atoms with Gasteiger partial charge in [-0.1, -0.05) is 55.8 Å². The quantitative estimate of drug-likeness (QED) is 0.0996. The van der Waals surface area contributed by atoms with Crippen LogP contribution in [0, 0.1) is 0 Å². The van der Waals surface area contributed by atoms with Crippen molar-refractivity contribution in [2.24, 2.45) is 0 Å². The van der Waals surface area contributed by atoms with Gasteiger partial charge in [-0.05, 0) is 66.1 Å². The zero-order valence-electron chi connectivity index (χ0n) is 22.3. The third kappa shape index (κ3) is 5.94. The molecule has 1 atom stereocenters. The van der Waals surface area contributed by atoms with Gasteiger partial charge in [-0.25, -0.2) is 0 Å². The monoisotopic (exact) mass is 537 g/mol. The number of Topliss-reactive ketones (excluding diaryl/α,β-unsaturated/α-hetero) is 1. The highest BCUT2D eigenvalue weighted by Gasteiger charge is 2.46. The number of hydrogen-bond acceptors (Lipinski definition) is 6. The van der Waals surface area contributed by atoms with Crippen LogP contribution in [0.3, 0.4) is 0 Å². The summed E-state index contributed by atoms with van der Waals surface area (Å²) in [4.78, 5) is 28.0. The molecule has 4 aromatic rings. The number of rotatable bonds is 11. The van der Waals surface area contributed by atoms with Crippen molar-refractivity contribution in [2.45, 2.75) is 39.0 Å². The molecule has 0 aliphatic carbocycles. The van der Waals surface area contributed by atoms with Gasteiger partial charge in [-0.3, -0.25) is 9.59 Å². The summed E-state index contributed by atoms with van der Waals surface area (Å²) in [6, 6.07) is 26.6. The molecule has 40 heavy (non-hydrogen) atoms. The van der Waals surface area contributed by atoms with Crippen molar-refractivity contribution >= 4 is 17.4 Å². The fraction of sp³-hybridized carbons (Fsp3) is 0.212. The molecule has 0 radical (unpaired) electrons. The fourth-order valence-corrected chi connectivity index (χ4v) is 4.65. The van der Waals surface area contributed by atoms with Crippen molar-refractivity contribution in [3.8, 4) is 11.5 Å². The van der Waals surface area contributed by atoms with Gasteiger partial charge in [-0.2, -0.15) is 0 Å². The molecule has 2 heterocycles. The second kappa shape index (κ2) is 12.4. The second-order valence-corrected chi connectivity index (χ2v) is 9.58. The Kier molecular flexibility index (Phi) is 8.30. The molecule has 1 aromatic heterocycles. The minimum absolute atomic E-state index is 0.0224. The minimum Gasteiger partial charge on any atom is -0.507 e. The average molecular weight is 538 g/mol. The largest absolute Gasteiger partial charge is 0.507 e. The Morgan fingerprint density at radius 1 is 0.875 bits per heavy atom. The lowest BCUT2D eigenvalue weighted by molar-refractivity contribution is -0.140. The number of benzene rings is 3. The number of carbonyl (C=O) groups is 2. The Balaban J connectivity index is 1.45. The third-order valence-corrected chi connectivity index (χ3v) is 6.78. The normalized spacial score (nSPS) is 16.3. The van der Waals surface area contributed by atoms with E-state index in [0.717, 1.165) is 18.4 Å². The van der Waals surface area contributed by atoms with E-state index < -0.39 is 17.7 Å². The highest BCUT2D eigenvalue weighted by atomic mass is 16.5. The molecule has 1 aliphatic heterocycles. The van der Waals surface area contributed by atoms with E-state index in [2.05, 4.69) is 6.92 Å². The molecule has 0 spiro atoms. The Hall–Kier alpha value is -4.78. The highest BCUT2D eigenvalue weighted by molar-refractivity contribution is 6.46. The first-order valence-corrected chi connectivity index (χ1v) is 13.4. The maximum absolute atomic E-state index is 13.3. The second-order valence-electron chi connectivity index (χ2n) is 9.58. The molecular formula is C33H31NO6. The van der Waals surface area contributed by atoms with Gasteiger partial charge in [0, 0.05) is 5.56 Å². The molecule has 1 aliphatic rings. The highest BCUT2D eigenvalue weighted by Crippen LogP contribution is 2.41. The number of furan rings is 1. The Morgan fingerprint density at radius 3 is 2.25 bits per heavy atom. The zero-order valence-corrected chi connectivity index (χ0v) is 22.3. The molecule has 3 aromatic carbocycles. The molecule has 1 saturated heterocycles. The maximum atomic E-state index is 13.3. The lowest BCUT2D eigenvalue weighted by Crippen LogP contribution is -2.29. The summed E-state index contributed by atoms with van der Waals surface area (Å²) in [5, 5.41) is 11.3. The summed E-state index contributed by atoms with van der Waals surface area (Å²) in [6.07, 6.45) is 3.48. The predicted molar refractivity (Wildman–Crippen MR) is 151 cm³/mol. The van der Waals surface area contributed by atoms with E-state index in [1.807, 2.05) is 42.5 Å². The van der Waals surface area contributed by atoms with E-state index in [4.69, 9.17) is 13.9 Å². The molecule has 1 amide bonds. The fourth-order valence-electron chi connectivity index (χ4n) is 4.65. The molecule has 7 nitrogen and oxygen atoms in total. The number of aliphatic hydroxyl groups excluding tert-OH is 1. The molecule has 0 bridgehead atoms. The number of carbonyl (C=O) groups excluding carboxylic acids is 2. The lowest BCUT2D eigenvalue weighted by atomic mass is 9.95. The van der Waals surface area contributed by atoms with Gasteiger partial charge in [-0.15, -0.1) is 0 Å². The van der Waals surface area contributed by atoms with Crippen molar-refractivity contribution in [3.63, 3.8) is 0 Å². The summed E-state index contributed by atoms with van der Waals surface area (Å²) in [7, 11) is 0. The van der Waals surface area contributed by atoms with Crippen LogP contribution in [0.15, 0.2) is 107 Å². The molecular weight excluding hydrogens is 506 g/mol. The van der Waals surface area contributed by atoms with E-state index in [9.17, 15) is 14.7 Å². The SMILES string of the molecule is CCCCOc1ccc(/C(O)=C2\C(=O)C(=O)N(Cc3ccco3)C2c2ccc(OCc3ccccc3)cc2)cc1. The van der Waals surface area contributed by atoms with E-state index in [0.29, 0.717) is 41.6 Å². The number of unbranched alkanes of at least 4 members (excludes halogenated alkanes) is 1. The predicted octanol–water partition coefficient (Wildman–Crippen LogP) is 6.66. The topological polar surface area (TPSA) is 89.2 Å². The van der Waals surface area contributed by atoms with Crippen molar-refractivity contribution < 1.29 is 28.6 Å². The number of aliphatic hydroxyl groups is 1. The number of likely N-dealkylation sites (tertiary alicyclic amines) is 1. The number of amides is 1. The van der Waals surface area contributed by atoms with Crippen LogP contribution in [-0.2, 0) is 22.7 Å². The molecule has 204 valence electrons. The lowest BCUT2D eigenvalue weighted by Gasteiger charge is -2.24. The summed E-state index contributed by atoms with van der Waals surface area (Å²) in [5.74, 6) is 0.159. The number of ether oxygens (including phenoxy) is 2. The molecule has 7 heteroatoms. The van der Waals surface area contributed by atoms with Crippen molar-refractivity contribution in [2.75, 3.05) is 6.61 Å². The summed E-state index contributed by atoms with van der Waals surface area (Å²) in [5.41, 5.74) is 2.15. The van der Waals surface area contributed by atoms with Crippen LogP contribution < -0.4 is 9.47 Å². The summed E-state index contributed by atoms with van der Waals surface area (Å²) >= 11 is 0. The zero-order chi connectivity index (χ0) is 27.9. The van der Waals surface area contributed by atoms with E-state index >= 15 is 0 Å². The van der Waals surface area contributed by atoms with Gasteiger partial charge < -0.3 is 23.9 Å². The van der Waals surface area contributed by atoms with Gasteiger partial charge in [0.2, 0.25) is 0 Å². The van der Waals surface area contributed by atoms with E-state index in [1.165, 1.54) is 11.2 Å². The summed E-state index contributed by atoms with van der Waals surface area (Å²) < 4.78 is 17.1. The minimum atomic E-state index is -0.811. The van der Waals surface area contributed by atoms with Gasteiger partial charge in [0.1, 0.15) is 29.6 Å². The average Bonchev–Trinajstić information content (AvgIpc) is 3.59. The van der Waals surface area contributed by atoms with Gasteiger partial charge in [0.25, 0.3) is 11.7 Å². The Labute approximate surface area is 233 Å². The first kappa shape index (κ1) is 26.8. The number of ketones is 1. The first-order chi connectivity index (χ1) is 19.5. The standard InChI is InChI=1S/C33H31NO6/c1-2-3-19-38-26-17-13-25(14-18-26)31(35)29-30(34(33(37)32(29)36)21-28-10-7-20-39-28)24-11-15-27(16-12-24)40-22-23-8-5-4-6-9-23/h4-18,20,30,35H,2-3,19,21-22H2,1H3/b31-29+. The van der Waals surface area contributed by atoms with Crippen LogP contribution >= 0.6 is 0 Å². The van der Waals surface area contributed by atoms with Crippen LogP contribution in [0.1, 0.15) is 48.3 Å². The van der Waals surface area contributed by atoms with Crippen LogP contribution in [0.25, 0.3) is 5.76 Å². The number of hydrogen-bond donors (Lipinski definition) is 1.